The van der Waals surface area contributed by atoms with Crippen molar-refractivity contribution >= 4 is 12.2 Å². The van der Waals surface area contributed by atoms with E-state index < -0.39 is 11.9 Å². The molecule has 142 valence electrons. The van der Waals surface area contributed by atoms with Crippen LogP contribution in [0.15, 0.2) is 30.5 Å². The van der Waals surface area contributed by atoms with Gasteiger partial charge in [0.1, 0.15) is 23.2 Å². The number of nitriles is 1. The maximum absolute atomic E-state index is 12.8. The Balaban J connectivity index is 1.98. The van der Waals surface area contributed by atoms with Crippen LogP contribution < -0.4 is 4.74 Å². The van der Waals surface area contributed by atoms with Crippen molar-refractivity contribution in [1.29, 1.82) is 5.26 Å². The molecule has 0 saturated heterocycles. The van der Waals surface area contributed by atoms with Crippen LogP contribution in [0.4, 0.5) is 13.2 Å². The highest BCUT2D eigenvalue weighted by Crippen LogP contribution is 2.28. The number of nitrogens with zero attached hydrogens (tertiary/aromatic N) is 5. The maximum Gasteiger partial charge on any atom is 0.433 e. The minimum absolute atomic E-state index is 0.0858. The first-order chi connectivity index (χ1) is 13.4. The first-order valence-electron chi connectivity index (χ1n) is 8.08. The molecule has 0 bridgehead atoms. The molecular weight excluding hydrogens is 373 g/mol. The molecule has 2 aromatic heterocycles. The van der Waals surface area contributed by atoms with E-state index in [-0.39, 0.29) is 11.5 Å². The van der Waals surface area contributed by atoms with Crippen LogP contribution in [0.5, 0.6) is 5.75 Å². The van der Waals surface area contributed by atoms with E-state index in [1.165, 1.54) is 6.08 Å². The quantitative estimate of drug-likeness (QED) is 0.717. The van der Waals surface area contributed by atoms with Gasteiger partial charge in [-0.3, -0.25) is 0 Å². The molecule has 0 unspecified atom stereocenters. The molecule has 1 N–H and O–H groups in total. The fourth-order valence-corrected chi connectivity index (χ4v) is 2.40. The number of nitrogens with one attached hydrogen (secondary N) is 1. The minimum Gasteiger partial charge on any atom is -0.494 e. The van der Waals surface area contributed by atoms with E-state index in [0.717, 1.165) is 12.3 Å². The van der Waals surface area contributed by atoms with Crippen LogP contribution in [0.25, 0.3) is 23.4 Å². The molecule has 0 atom stereocenters. The maximum atomic E-state index is 12.8. The van der Waals surface area contributed by atoms with Crippen molar-refractivity contribution in [3.63, 3.8) is 0 Å². The van der Waals surface area contributed by atoms with E-state index in [9.17, 15) is 13.2 Å². The standard InChI is InChI=1S/C18H13F3N6O/c1-2-28-13-8-11(7-12(9-13)17-14(10-22)25-27-26-17)3-4-16-23-6-5-15(24-16)18(19,20)21/h3-9H,2H2,1H3,(H,25,26,27)/b4-3+. The van der Waals surface area contributed by atoms with Crippen molar-refractivity contribution in [1.82, 2.24) is 25.4 Å². The summed E-state index contributed by atoms with van der Waals surface area (Å²) in [6.45, 7) is 2.22. The van der Waals surface area contributed by atoms with E-state index in [1.807, 2.05) is 13.0 Å². The van der Waals surface area contributed by atoms with Gasteiger partial charge in [0.15, 0.2) is 11.5 Å². The van der Waals surface area contributed by atoms with Gasteiger partial charge in [0.05, 0.1) is 6.61 Å². The molecule has 3 aromatic rings. The van der Waals surface area contributed by atoms with E-state index in [1.54, 1.807) is 24.3 Å². The van der Waals surface area contributed by atoms with Crippen LogP contribution in [0.3, 0.4) is 0 Å². The third-order valence-electron chi connectivity index (χ3n) is 3.56. The second-order valence-corrected chi connectivity index (χ2v) is 5.50. The molecule has 0 aliphatic heterocycles. The lowest BCUT2D eigenvalue weighted by Crippen LogP contribution is -2.08. The number of ether oxygens (including phenoxy) is 1. The second-order valence-electron chi connectivity index (χ2n) is 5.50. The Morgan fingerprint density at radius 3 is 2.79 bits per heavy atom. The highest BCUT2D eigenvalue weighted by Gasteiger charge is 2.32. The number of halogens is 3. The van der Waals surface area contributed by atoms with Crippen molar-refractivity contribution in [3.8, 4) is 23.1 Å². The van der Waals surface area contributed by atoms with Crippen LogP contribution in [-0.4, -0.2) is 32.0 Å². The van der Waals surface area contributed by atoms with Crippen LogP contribution in [0.1, 0.15) is 29.7 Å². The highest BCUT2D eigenvalue weighted by molar-refractivity contribution is 5.74. The molecule has 1 aromatic carbocycles. The number of hydrogen-bond acceptors (Lipinski definition) is 6. The fraction of sp³-hybridized carbons (Fsp3) is 0.167. The Hall–Kier alpha value is -3.74. The summed E-state index contributed by atoms with van der Waals surface area (Å²) >= 11 is 0. The molecular formula is C18H13F3N6O. The number of hydrogen-bond donors (Lipinski definition) is 1. The first kappa shape index (κ1) is 19.0. The van der Waals surface area contributed by atoms with Gasteiger partial charge in [-0.05, 0) is 42.8 Å². The SMILES string of the molecule is CCOc1cc(/C=C/c2nccc(C(F)(F)F)n2)cc(-c2nn[nH]c2C#N)c1. The zero-order valence-electron chi connectivity index (χ0n) is 14.5. The molecule has 0 aliphatic carbocycles. The summed E-state index contributed by atoms with van der Waals surface area (Å²) in [6, 6.07) is 7.85. The zero-order chi connectivity index (χ0) is 20.1. The lowest BCUT2D eigenvalue weighted by molar-refractivity contribution is -0.141. The molecule has 0 radical (unpaired) electrons. The minimum atomic E-state index is -4.55. The molecule has 0 aliphatic rings. The van der Waals surface area contributed by atoms with Gasteiger partial charge in [-0.25, -0.2) is 15.1 Å². The highest BCUT2D eigenvalue weighted by atomic mass is 19.4. The van der Waals surface area contributed by atoms with Gasteiger partial charge in [0.2, 0.25) is 0 Å². The Morgan fingerprint density at radius 2 is 2.07 bits per heavy atom. The van der Waals surface area contributed by atoms with Gasteiger partial charge in [0, 0.05) is 11.8 Å². The van der Waals surface area contributed by atoms with E-state index in [4.69, 9.17) is 10.00 Å². The average Bonchev–Trinajstić information content (AvgIpc) is 3.15. The Morgan fingerprint density at radius 1 is 1.25 bits per heavy atom. The van der Waals surface area contributed by atoms with E-state index in [2.05, 4.69) is 25.4 Å². The predicted molar refractivity (Wildman–Crippen MR) is 93.7 cm³/mol. The third-order valence-corrected chi connectivity index (χ3v) is 3.56. The van der Waals surface area contributed by atoms with Gasteiger partial charge in [-0.15, -0.1) is 5.10 Å². The van der Waals surface area contributed by atoms with E-state index >= 15 is 0 Å². The molecule has 0 saturated carbocycles. The molecule has 28 heavy (non-hydrogen) atoms. The van der Waals surface area contributed by atoms with Gasteiger partial charge in [-0.2, -0.15) is 18.4 Å². The number of benzene rings is 1. The van der Waals surface area contributed by atoms with Crippen LogP contribution >= 0.6 is 0 Å². The molecule has 0 spiro atoms. The number of H-pyrrole nitrogens is 1. The zero-order valence-corrected chi connectivity index (χ0v) is 14.5. The Kier molecular flexibility index (Phi) is 5.35. The van der Waals surface area contributed by atoms with E-state index in [0.29, 0.717) is 29.2 Å². The second kappa shape index (κ2) is 7.87. The molecule has 10 heteroatoms. The molecule has 0 amide bonds. The molecule has 3 rings (SSSR count). The van der Waals surface area contributed by atoms with Gasteiger partial charge in [-0.1, -0.05) is 11.3 Å². The van der Waals surface area contributed by atoms with Gasteiger partial charge < -0.3 is 4.74 Å². The van der Waals surface area contributed by atoms with Gasteiger partial charge in [0.25, 0.3) is 0 Å². The van der Waals surface area contributed by atoms with Crippen molar-refractivity contribution in [2.75, 3.05) is 6.61 Å². The number of alkyl halides is 3. The summed E-state index contributed by atoms with van der Waals surface area (Å²) in [5.41, 5.74) is 0.681. The number of aromatic amines is 1. The Bertz CT molecular complexity index is 1050. The summed E-state index contributed by atoms with van der Waals surface area (Å²) in [5, 5.41) is 19.2. The predicted octanol–water partition coefficient (Wildman–Crippen LogP) is 3.72. The average molecular weight is 386 g/mol. The lowest BCUT2D eigenvalue weighted by Gasteiger charge is -2.07. The monoisotopic (exact) mass is 386 g/mol. The first-order valence-corrected chi connectivity index (χ1v) is 8.08. The molecule has 0 fully saturated rings. The fourth-order valence-electron chi connectivity index (χ4n) is 2.40. The molecule has 2 heterocycles. The van der Waals surface area contributed by atoms with Crippen molar-refractivity contribution in [2.45, 2.75) is 13.1 Å². The van der Waals surface area contributed by atoms with Crippen LogP contribution in [-0.2, 0) is 6.18 Å². The lowest BCUT2D eigenvalue weighted by atomic mass is 10.1. The summed E-state index contributed by atoms with van der Waals surface area (Å²) in [6.07, 6.45) is -0.591. The summed E-state index contributed by atoms with van der Waals surface area (Å²) in [7, 11) is 0. The van der Waals surface area contributed by atoms with Crippen LogP contribution in [0, 0.1) is 11.3 Å². The summed E-state index contributed by atoms with van der Waals surface area (Å²) in [5.74, 6) is 0.425. The Labute approximate surface area is 157 Å². The topological polar surface area (TPSA) is 100 Å². The normalized spacial score (nSPS) is 11.5. The van der Waals surface area contributed by atoms with Crippen molar-refractivity contribution in [2.24, 2.45) is 0 Å². The van der Waals surface area contributed by atoms with Crippen molar-refractivity contribution < 1.29 is 17.9 Å². The number of aromatic nitrogens is 5. The summed E-state index contributed by atoms with van der Waals surface area (Å²) < 4.78 is 43.9. The third kappa shape index (κ3) is 4.32. The molecule has 7 nitrogen and oxygen atoms in total. The smallest absolute Gasteiger partial charge is 0.433 e. The summed E-state index contributed by atoms with van der Waals surface area (Å²) in [4.78, 5) is 7.32. The number of rotatable bonds is 5. The van der Waals surface area contributed by atoms with Crippen LogP contribution in [0.2, 0.25) is 0 Å². The van der Waals surface area contributed by atoms with Gasteiger partial charge >= 0.3 is 6.18 Å². The van der Waals surface area contributed by atoms with Crippen molar-refractivity contribution in [3.05, 3.63) is 53.2 Å². The largest absolute Gasteiger partial charge is 0.494 e.